The second-order valence-electron chi connectivity index (χ2n) is 8.72. The zero-order valence-electron chi connectivity index (χ0n) is 21.4. The molecule has 1 aliphatic carbocycles. The highest BCUT2D eigenvalue weighted by Gasteiger charge is 2.39. The van der Waals surface area contributed by atoms with Crippen molar-refractivity contribution in [2.24, 2.45) is 7.05 Å². The number of nitrogens with zero attached hydrogens (tertiary/aromatic N) is 3. The maximum atomic E-state index is 13.2. The van der Waals surface area contributed by atoms with Gasteiger partial charge in [0.25, 0.3) is 0 Å². The average molecular weight is 574 g/mol. The molecule has 0 saturated carbocycles. The number of aromatic nitrogens is 3. The van der Waals surface area contributed by atoms with E-state index in [1.54, 1.807) is 0 Å². The van der Waals surface area contributed by atoms with Crippen LogP contribution in [0.2, 0.25) is 0 Å². The predicted octanol–water partition coefficient (Wildman–Crippen LogP) is 6.91. The highest BCUT2D eigenvalue weighted by Crippen LogP contribution is 2.38. The van der Waals surface area contributed by atoms with Crippen LogP contribution in [0.1, 0.15) is 55.4 Å². The summed E-state index contributed by atoms with van der Waals surface area (Å²) in [5, 5.41) is 0. The van der Waals surface area contributed by atoms with Crippen LogP contribution >= 0.6 is 0 Å². The second kappa shape index (κ2) is 10.9. The van der Waals surface area contributed by atoms with Crippen molar-refractivity contribution < 1.29 is 39.6 Å². The number of alkyl halides is 6. The van der Waals surface area contributed by atoms with Crippen LogP contribution in [0.4, 0.5) is 26.3 Å². The zero-order chi connectivity index (χ0) is 29.3. The summed E-state index contributed by atoms with van der Waals surface area (Å²) in [4.78, 5) is 20.7. The Kier molecular flexibility index (Phi) is 8.44. The van der Waals surface area contributed by atoms with Gasteiger partial charge in [0.15, 0.2) is 21.4 Å². The molecular formula is C26H25F6N3O3S. The van der Waals surface area contributed by atoms with Gasteiger partial charge in [-0.05, 0) is 30.3 Å². The first-order valence-corrected chi connectivity index (χ1v) is 13.5. The summed E-state index contributed by atoms with van der Waals surface area (Å²) in [6.45, 7) is 5.63. The number of imidazole rings is 1. The van der Waals surface area contributed by atoms with Crippen molar-refractivity contribution in [1.82, 2.24) is 14.5 Å². The van der Waals surface area contributed by atoms with Gasteiger partial charge in [0.2, 0.25) is 0 Å². The van der Waals surface area contributed by atoms with Gasteiger partial charge in [-0.1, -0.05) is 39.3 Å². The largest absolute Gasteiger partial charge is 0.416 e. The van der Waals surface area contributed by atoms with Crippen LogP contribution in [0.15, 0.2) is 46.9 Å². The van der Waals surface area contributed by atoms with Crippen molar-refractivity contribution in [3.05, 3.63) is 58.9 Å². The molecule has 0 radical (unpaired) electrons. The van der Waals surface area contributed by atoms with Crippen molar-refractivity contribution in [1.29, 1.82) is 0 Å². The van der Waals surface area contributed by atoms with Gasteiger partial charge < -0.3 is 4.57 Å². The number of fused-ring (bicyclic) bond motifs is 1. The van der Waals surface area contributed by atoms with E-state index in [0.29, 0.717) is 0 Å². The minimum atomic E-state index is -4.75. The normalized spacial score (nSPS) is 13.9. The Hall–Kier alpha value is -3.48. The highest BCUT2D eigenvalue weighted by molar-refractivity contribution is 7.91. The monoisotopic (exact) mass is 573 g/mol. The number of hydrogen-bond donors (Lipinski definition) is 0. The van der Waals surface area contributed by atoms with E-state index in [1.807, 2.05) is 0 Å². The van der Waals surface area contributed by atoms with Crippen LogP contribution in [0.5, 0.6) is 0 Å². The minimum Gasteiger partial charge on any atom is -0.323 e. The van der Waals surface area contributed by atoms with Gasteiger partial charge in [-0.3, -0.25) is 4.79 Å². The van der Waals surface area contributed by atoms with E-state index < -0.39 is 45.5 Å². The highest BCUT2D eigenvalue weighted by atomic mass is 32.2. The molecule has 13 heteroatoms. The number of carbonyl (C=O) groups excluding carboxylic acids is 1. The van der Waals surface area contributed by atoms with Crippen molar-refractivity contribution in [2.45, 2.75) is 50.9 Å². The lowest BCUT2D eigenvalue weighted by molar-refractivity contribution is -0.137. The molecule has 0 amide bonds. The van der Waals surface area contributed by atoms with E-state index in [4.69, 9.17) is 0 Å². The summed E-state index contributed by atoms with van der Waals surface area (Å²) in [5.41, 5.74) is -2.29. The minimum absolute atomic E-state index is 0.104. The zero-order valence-corrected chi connectivity index (χ0v) is 22.2. The van der Waals surface area contributed by atoms with Crippen molar-refractivity contribution in [3.8, 4) is 22.8 Å². The summed E-state index contributed by atoms with van der Waals surface area (Å²) in [5.74, 6) is -1.35. The Morgan fingerprint density at radius 3 is 2.00 bits per heavy atom. The third kappa shape index (κ3) is 6.23. The van der Waals surface area contributed by atoms with Gasteiger partial charge in [-0.25, -0.2) is 18.4 Å². The van der Waals surface area contributed by atoms with Crippen LogP contribution in [0, 0.1) is 0 Å². The molecule has 1 aliphatic rings. The van der Waals surface area contributed by atoms with E-state index in [1.165, 1.54) is 37.1 Å². The number of hydrogen-bond acceptors (Lipinski definition) is 5. The molecule has 0 saturated heterocycles. The molecule has 0 fully saturated rings. The van der Waals surface area contributed by atoms with Crippen molar-refractivity contribution in [2.75, 3.05) is 5.75 Å². The Bertz CT molecular complexity index is 1520. The quantitative estimate of drug-likeness (QED) is 0.317. The number of halogens is 6. The van der Waals surface area contributed by atoms with Crippen LogP contribution in [0.25, 0.3) is 28.9 Å². The lowest BCUT2D eigenvalue weighted by Crippen LogP contribution is -2.20. The molecule has 0 spiro atoms. The van der Waals surface area contributed by atoms with Crippen LogP contribution in [-0.4, -0.2) is 40.7 Å². The molecule has 2 aromatic heterocycles. The fourth-order valence-corrected chi connectivity index (χ4v) is 4.84. The number of Topliss-reactive ketones (excluding diaryl/α,β-unsaturated/α-hetero) is 1. The average Bonchev–Trinajstić information content (AvgIpc) is 3.20. The number of sulfone groups is 1. The molecule has 0 N–H and O–H groups in total. The molecule has 3 aromatic rings. The number of benzene rings is 1. The second-order valence-corrected chi connectivity index (χ2v) is 11.0. The third-order valence-corrected chi connectivity index (χ3v) is 7.47. The fourth-order valence-electron chi connectivity index (χ4n) is 3.82. The predicted molar refractivity (Wildman–Crippen MR) is 134 cm³/mol. The first kappa shape index (κ1) is 30.1. The molecule has 0 unspecified atom stereocenters. The van der Waals surface area contributed by atoms with Crippen molar-refractivity contribution >= 4 is 21.7 Å². The fraction of sp³-hybridized carbons (Fsp3) is 0.346. The Morgan fingerprint density at radius 1 is 0.897 bits per heavy atom. The summed E-state index contributed by atoms with van der Waals surface area (Å²) < 4.78 is 105. The molecule has 2 heterocycles. The molecule has 0 atom stereocenters. The number of allylic oxidation sites excluding steroid dienone is 1. The lowest BCUT2D eigenvalue weighted by atomic mass is 9.98. The van der Waals surface area contributed by atoms with Crippen LogP contribution in [0.3, 0.4) is 0 Å². The van der Waals surface area contributed by atoms with Gasteiger partial charge in [0.05, 0.1) is 27.6 Å². The molecule has 210 valence electrons. The van der Waals surface area contributed by atoms with Crippen LogP contribution in [-0.2, 0) is 23.1 Å². The molecule has 1 aromatic carbocycles. The van der Waals surface area contributed by atoms with Gasteiger partial charge in [-0.2, -0.15) is 26.3 Å². The first-order valence-electron chi connectivity index (χ1n) is 11.8. The molecular weight excluding hydrogens is 548 g/mol. The molecule has 39 heavy (non-hydrogen) atoms. The lowest BCUT2D eigenvalue weighted by Gasteiger charge is -2.15. The Morgan fingerprint density at radius 2 is 1.49 bits per heavy atom. The van der Waals surface area contributed by atoms with Gasteiger partial charge in [0.1, 0.15) is 11.4 Å². The number of ketones is 1. The maximum absolute atomic E-state index is 13.2. The standard InChI is InChI=1S/C23H17F6N3O3S.C3H8/c1-3-36(34,35)18-9-8-15(12-4-6-13(7-5-12)22(24,25)26)30-19(18)21-31-16-10-14(23(27,28)29)11-17(33)20(16)32(21)2;1-3-2/h4-10H,3,11H2,1-2H3;3H2,1-2H3. The molecule has 6 nitrogen and oxygen atoms in total. The Balaban J connectivity index is 0.00000134. The van der Waals surface area contributed by atoms with Gasteiger partial charge >= 0.3 is 12.4 Å². The first-order chi connectivity index (χ1) is 18.0. The molecule has 0 aliphatic heterocycles. The smallest absolute Gasteiger partial charge is 0.323 e. The third-order valence-electron chi connectivity index (χ3n) is 5.71. The van der Waals surface area contributed by atoms with Crippen LogP contribution < -0.4 is 0 Å². The molecule has 0 bridgehead atoms. The van der Waals surface area contributed by atoms with E-state index in [2.05, 4.69) is 23.8 Å². The van der Waals surface area contributed by atoms with E-state index >= 15 is 0 Å². The maximum Gasteiger partial charge on any atom is 0.416 e. The van der Waals surface area contributed by atoms with E-state index in [0.717, 1.165) is 30.3 Å². The summed E-state index contributed by atoms with van der Waals surface area (Å²) in [6, 6.07) is 6.53. The van der Waals surface area contributed by atoms with E-state index in [9.17, 15) is 39.6 Å². The van der Waals surface area contributed by atoms with Gasteiger partial charge in [-0.15, -0.1) is 0 Å². The summed E-state index contributed by atoms with van der Waals surface area (Å²) in [6.07, 6.45) is -8.22. The summed E-state index contributed by atoms with van der Waals surface area (Å²) in [7, 11) is -2.57. The number of pyridine rings is 1. The van der Waals surface area contributed by atoms with Gasteiger partial charge in [0, 0.05) is 24.6 Å². The van der Waals surface area contributed by atoms with Crippen molar-refractivity contribution in [3.63, 3.8) is 0 Å². The SMILES string of the molecule is CCC.CCS(=O)(=O)c1ccc(-c2ccc(C(F)(F)F)cc2)nc1-c1nc2c(n1C)C(=O)CC(C(F)(F)F)=C2. The number of carbonyl (C=O) groups is 1. The number of rotatable bonds is 4. The molecule has 4 rings (SSSR count). The van der Waals surface area contributed by atoms with E-state index in [-0.39, 0.29) is 44.8 Å². The Labute approximate surface area is 221 Å². The summed E-state index contributed by atoms with van der Waals surface area (Å²) >= 11 is 0. The topological polar surface area (TPSA) is 81.9 Å².